The van der Waals surface area contributed by atoms with Crippen molar-refractivity contribution in [2.24, 2.45) is 5.41 Å². The van der Waals surface area contributed by atoms with Gasteiger partial charge in [-0.25, -0.2) is 0 Å². The third-order valence-electron chi connectivity index (χ3n) is 3.37. The van der Waals surface area contributed by atoms with Gasteiger partial charge >= 0.3 is 5.97 Å². The van der Waals surface area contributed by atoms with Crippen LogP contribution in [0.3, 0.4) is 0 Å². The fourth-order valence-electron chi connectivity index (χ4n) is 2.25. The summed E-state index contributed by atoms with van der Waals surface area (Å²) < 4.78 is 16.0. The van der Waals surface area contributed by atoms with Crippen molar-refractivity contribution in [2.75, 3.05) is 20.3 Å². The number of esters is 1. The molecule has 0 saturated carbocycles. The number of carbonyl (C=O) groups is 1. The summed E-state index contributed by atoms with van der Waals surface area (Å²) in [6.45, 7) is 6.93. The van der Waals surface area contributed by atoms with Crippen LogP contribution in [0, 0.1) is 12.3 Å². The largest absolute Gasteiger partial charge is 0.486 e. The first-order valence-electron chi connectivity index (χ1n) is 6.41. The zero-order valence-electron chi connectivity index (χ0n) is 11.9. The van der Waals surface area contributed by atoms with Crippen molar-refractivity contribution >= 4 is 5.97 Å². The molecule has 2 rings (SSSR count). The number of hydrogen-bond donors (Lipinski definition) is 0. The molecule has 0 bridgehead atoms. The Morgan fingerprint density at radius 3 is 2.42 bits per heavy atom. The molecule has 0 saturated heterocycles. The average Bonchev–Trinajstić information content (AvgIpc) is 2.38. The van der Waals surface area contributed by atoms with Crippen LogP contribution >= 0.6 is 0 Å². The molecule has 0 radical (unpaired) electrons. The Labute approximate surface area is 113 Å². The summed E-state index contributed by atoms with van der Waals surface area (Å²) >= 11 is 0. The topological polar surface area (TPSA) is 44.8 Å². The minimum absolute atomic E-state index is 0.207. The van der Waals surface area contributed by atoms with Crippen LogP contribution in [0.5, 0.6) is 11.5 Å². The lowest BCUT2D eigenvalue weighted by Gasteiger charge is -2.25. The molecule has 0 spiro atoms. The van der Waals surface area contributed by atoms with Gasteiger partial charge in [-0.1, -0.05) is 0 Å². The highest BCUT2D eigenvalue weighted by molar-refractivity contribution is 5.76. The van der Waals surface area contributed by atoms with Gasteiger partial charge in [-0.05, 0) is 50.5 Å². The van der Waals surface area contributed by atoms with Crippen molar-refractivity contribution in [3.05, 3.63) is 23.3 Å². The van der Waals surface area contributed by atoms with E-state index in [0.29, 0.717) is 19.6 Å². The summed E-state index contributed by atoms with van der Waals surface area (Å²) in [6, 6.07) is 3.94. The molecule has 0 amide bonds. The van der Waals surface area contributed by atoms with E-state index in [1.165, 1.54) is 7.11 Å². The molecule has 4 heteroatoms. The molecular formula is C15H20O4. The lowest BCUT2D eigenvalue weighted by atomic mass is 9.84. The first-order valence-corrected chi connectivity index (χ1v) is 6.41. The van der Waals surface area contributed by atoms with Gasteiger partial charge in [0.2, 0.25) is 0 Å². The first-order chi connectivity index (χ1) is 8.94. The monoisotopic (exact) mass is 264 g/mol. The van der Waals surface area contributed by atoms with E-state index in [1.54, 1.807) is 0 Å². The van der Waals surface area contributed by atoms with Gasteiger partial charge in [0.1, 0.15) is 13.2 Å². The second kappa shape index (κ2) is 5.11. The minimum Gasteiger partial charge on any atom is -0.486 e. The number of hydrogen-bond acceptors (Lipinski definition) is 4. The van der Waals surface area contributed by atoms with E-state index < -0.39 is 5.41 Å². The van der Waals surface area contributed by atoms with E-state index >= 15 is 0 Å². The Morgan fingerprint density at radius 2 is 1.84 bits per heavy atom. The predicted octanol–water partition coefficient (Wildman–Crippen LogP) is 2.51. The van der Waals surface area contributed by atoms with E-state index in [2.05, 4.69) is 0 Å². The van der Waals surface area contributed by atoms with Crippen LogP contribution < -0.4 is 9.47 Å². The predicted molar refractivity (Wildman–Crippen MR) is 71.7 cm³/mol. The summed E-state index contributed by atoms with van der Waals surface area (Å²) in [4.78, 5) is 11.8. The second-order valence-corrected chi connectivity index (χ2v) is 5.47. The molecule has 19 heavy (non-hydrogen) atoms. The van der Waals surface area contributed by atoms with Crippen LogP contribution in [0.1, 0.15) is 25.0 Å². The van der Waals surface area contributed by atoms with Crippen molar-refractivity contribution < 1.29 is 19.0 Å². The highest BCUT2D eigenvalue weighted by Crippen LogP contribution is 2.35. The molecule has 0 N–H and O–H groups in total. The van der Waals surface area contributed by atoms with Gasteiger partial charge in [0.15, 0.2) is 11.5 Å². The Balaban J connectivity index is 2.28. The van der Waals surface area contributed by atoms with Crippen LogP contribution in [0.15, 0.2) is 12.1 Å². The number of fused-ring (bicyclic) bond motifs is 1. The lowest BCUT2D eigenvalue weighted by Crippen LogP contribution is -2.28. The standard InChI is InChI=1S/C15H20O4/c1-10-7-12-13(19-6-5-18-12)8-11(10)9-15(2,3)14(16)17-4/h7-8H,5-6,9H2,1-4H3. The number of benzene rings is 1. The van der Waals surface area contributed by atoms with E-state index in [4.69, 9.17) is 14.2 Å². The first kappa shape index (κ1) is 13.7. The molecular weight excluding hydrogens is 244 g/mol. The van der Waals surface area contributed by atoms with Crippen LogP contribution in [-0.4, -0.2) is 26.3 Å². The molecule has 0 atom stereocenters. The number of aryl methyl sites for hydroxylation is 1. The SMILES string of the molecule is COC(=O)C(C)(C)Cc1cc2c(cc1C)OCCO2. The number of methoxy groups -OCH3 is 1. The quantitative estimate of drug-likeness (QED) is 0.787. The Bertz CT molecular complexity index is 491. The van der Waals surface area contributed by atoms with Crippen molar-refractivity contribution in [1.29, 1.82) is 0 Å². The zero-order valence-corrected chi connectivity index (χ0v) is 11.9. The Morgan fingerprint density at radius 1 is 1.26 bits per heavy atom. The molecule has 1 heterocycles. The Kier molecular flexibility index (Phi) is 3.69. The van der Waals surface area contributed by atoms with Crippen molar-refractivity contribution in [1.82, 2.24) is 0 Å². The third kappa shape index (κ3) is 2.83. The lowest BCUT2D eigenvalue weighted by molar-refractivity contribution is -0.150. The molecule has 1 aromatic carbocycles. The third-order valence-corrected chi connectivity index (χ3v) is 3.37. The molecule has 0 unspecified atom stereocenters. The Hall–Kier alpha value is -1.71. The molecule has 0 fully saturated rings. The zero-order chi connectivity index (χ0) is 14.0. The van der Waals surface area contributed by atoms with E-state index in [-0.39, 0.29) is 5.97 Å². The highest BCUT2D eigenvalue weighted by Gasteiger charge is 2.30. The van der Waals surface area contributed by atoms with E-state index in [9.17, 15) is 4.79 Å². The van der Waals surface area contributed by atoms with Crippen LogP contribution in [0.4, 0.5) is 0 Å². The number of rotatable bonds is 3. The summed E-state index contributed by atoms with van der Waals surface area (Å²) in [5.74, 6) is 1.33. The van der Waals surface area contributed by atoms with Crippen LogP contribution in [0.25, 0.3) is 0 Å². The molecule has 1 aliphatic rings. The molecule has 0 aliphatic carbocycles. The summed E-state index contributed by atoms with van der Waals surface area (Å²) in [7, 11) is 1.42. The molecule has 0 aromatic heterocycles. The van der Waals surface area contributed by atoms with Gasteiger partial charge in [-0.3, -0.25) is 4.79 Å². The van der Waals surface area contributed by atoms with Gasteiger partial charge in [0, 0.05) is 0 Å². The fraction of sp³-hybridized carbons (Fsp3) is 0.533. The van der Waals surface area contributed by atoms with Gasteiger partial charge in [0.05, 0.1) is 12.5 Å². The molecule has 1 aliphatic heterocycles. The van der Waals surface area contributed by atoms with Crippen LogP contribution in [0.2, 0.25) is 0 Å². The fourth-order valence-corrected chi connectivity index (χ4v) is 2.25. The maximum absolute atomic E-state index is 11.8. The number of ether oxygens (including phenoxy) is 3. The summed E-state index contributed by atoms with van der Waals surface area (Å²) in [6.07, 6.45) is 0.613. The van der Waals surface area contributed by atoms with E-state index in [1.807, 2.05) is 32.9 Å². The highest BCUT2D eigenvalue weighted by atomic mass is 16.6. The average molecular weight is 264 g/mol. The van der Waals surface area contributed by atoms with Crippen molar-refractivity contribution in [2.45, 2.75) is 27.2 Å². The van der Waals surface area contributed by atoms with Gasteiger partial charge < -0.3 is 14.2 Å². The normalized spacial score (nSPS) is 14.1. The molecule has 4 nitrogen and oxygen atoms in total. The number of carbonyl (C=O) groups excluding carboxylic acids is 1. The van der Waals surface area contributed by atoms with Gasteiger partial charge in [-0.2, -0.15) is 0 Å². The molecule has 1 aromatic rings. The summed E-state index contributed by atoms with van der Waals surface area (Å²) in [5, 5.41) is 0. The molecule has 104 valence electrons. The van der Waals surface area contributed by atoms with Crippen molar-refractivity contribution in [3.63, 3.8) is 0 Å². The smallest absolute Gasteiger partial charge is 0.311 e. The van der Waals surface area contributed by atoms with E-state index in [0.717, 1.165) is 22.6 Å². The minimum atomic E-state index is -0.552. The maximum atomic E-state index is 11.8. The van der Waals surface area contributed by atoms with Crippen molar-refractivity contribution in [3.8, 4) is 11.5 Å². The second-order valence-electron chi connectivity index (χ2n) is 5.47. The summed E-state index contributed by atoms with van der Waals surface area (Å²) in [5.41, 5.74) is 1.63. The van der Waals surface area contributed by atoms with Gasteiger partial charge in [-0.15, -0.1) is 0 Å². The van der Waals surface area contributed by atoms with Crippen LogP contribution in [-0.2, 0) is 16.0 Å². The van der Waals surface area contributed by atoms with Gasteiger partial charge in [0.25, 0.3) is 0 Å². The maximum Gasteiger partial charge on any atom is 0.311 e.